The van der Waals surface area contributed by atoms with E-state index in [0.29, 0.717) is 5.69 Å². The molecule has 0 spiro atoms. The van der Waals surface area contributed by atoms with Crippen molar-refractivity contribution in [3.05, 3.63) is 54.4 Å². The van der Waals surface area contributed by atoms with E-state index in [1.54, 1.807) is 18.0 Å². The fraction of sp³-hybridized carbons (Fsp3) is 0.150. The van der Waals surface area contributed by atoms with Crippen LogP contribution in [-0.4, -0.2) is 33.8 Å². The molecule has 1 amide bonds. The number of hydrogen-bond acceptors (Lipinski definition) is 5. The molecule has 6 nitrogen and oxygen atoms in total. The maximum atomic E-state index is 11.5. The Morgan fingerprint density at radius 2 is 2.07 bits per heavy atom. The van der Waals surface area contributed by atoms with Crippen LogP contribution in [0.4, 0.5) is 10.5 Å². The van der Waals surface area contributed by atoms with Gasteiger partial charge in [0.1, 0.15) is 16.4 Å². The summed E-state index contributed by atoms with van der Waals surface area (Å²) in [5.74, 6) is 0. The lowest BCUT2D eigenvalue weighted by atomic mass is 10.1. The number of methoxy groups -OCH3 is 1. The van der Waals surface area contributed by atoms with Crippen LogP contribution >= 0.6 is 11.8 Å². The molecule has 0 aliphatic rings. The first-order valence-corrected chi connectivity index (χ1v) is 9.60. The summed E-state index contributed by atoms with van der Waals surface area (Å²) >= 11 is 1.63. The zero-order chi connectivity index (χ0) is 19.0. The minimum absolute atomic E-state index is 0.501. The fourth-order valence-electron chi connectivity index (χ4n) is 3.13. The van der Waals surface area contributed by atoms with Gasteiger partial charge < -0.3 is 4.74 Å². The number of carbonyl (C=O) groups excluding carboxylic acids is 1. The first kappa shape index (κ1) is 17.4. The highest BCUT2D eigenvalue weighted by Gasteiger charge is 2.18. The molecular formula is C20H18N4O2S. The van der Waals surface area contributed by atoms with Gasteiger partial charge in [0.2, 0.25) is 0 Å². The Kier molecular flexibility index (Phi) is 4.45. The number of aryl methyl sites for hydroxylation is 1. The van der Waals surface area contributed by atoms with E-state index in [4.69, 9.17) is 4.98 Å². The number of nitrogens with zero attached hydrogens (tertiary/aromatic N) is 3. The first-order valence-electron chi connectivity index (χ1n) is 8.38. The normalized spacial score (nSPS) is 11.1. The van der Waals surface area contributed by atoms with Gasteiger partial charge in [0.15, 0.2) is 0 Å². The Labute approximate surface area is 160 Å². The van der Waals surface area contributed by atoms with Crippen molar-refractivity contribution in [2.75, 3.05) is 18.7 Å². The Balaban J connectivity index is 1.97. The number of amides is 1. The van der Waals surface area contributed by atoms with E-state index in [1.807, 2.05) is 55.8 Å². The van der Waals surface area contributed by atoms with Crippen LogP contribution in [0.3, 0.4) is 0 Å². The van der Waals surface area contributed by atoms with Crippen molar-refractivity contribution in [2.24, 2.45) is 0 Å². The summed E-state index contributed by atoms with van der Waals surface area (Å²) in [6, 6.07) is 11.7. The number of imidazole rings is 1. The summed E-state index contributed by atoms with van der Waals surface area (Å²) in [4.78, 5) is 21.0. The Hall–Kier alpha value is -3.06. The van der Waals surface area contributed by atoms with E-state index in [-0.39, 0.29) is 0 Å². The van der Waals surface area contributed by atoms with Crippen molar-refractivity contribution in [3.8, 4) is 11.4 Å². The monoisotopic (exact) mass is 378 g/mol. The lowest BCUT2D eigenvalue weighted by molar-refractivity contribution is 0.187. The molecule has 0 saturated heterocycles. The summed E-state index contributed by atoms with van der Waals surface area (Å²) < 4.78 is 6.75. The third-order valence-corrected chi connectivity index (χ3v) is 5.20. The van der Waals surface area contributed by atoms with Crippen molar-refractivity contribution in [1.82, 2.24) is 14.4 Å². The molecule has 1 N–H and O–H groups in total. The molecular weight excluding hydrogens is 360 g/mol. The van der Waals surface area contributed by atoms with E-state index in [2.05, 4.69) is 19.4 Å². The second-order valence-electron chi connectivity index (χ2n) is 6.07. The fourth-order valence-corrected chi connectivity index (χ4v) is 3.81. The van der Waals surface area contributed by atoms with E-state index < -0.39 is 6.09 Å². The minimum atomic E-state index is -0.501. The number of carbonyl (C=O) groups is 1. The SMILES string of the molecule is COC(=O)Nc1ccc2ccn3c(SC)c(-c4ncccc4C)nc3c2c1. The second kappa shape index (κ2) is 6.92. The standard InChI is InChI=1S/C20H18N4O2S/c1-12-5-4-9-21-16(12)17-19(27-3)24-10-8-13-6-7-14(22-20(25)26-2)11-15(13)18(24)23-17/h4-11H,1-3H3,(H,22,25). The van der Waals surface area contributed by atoms with Crippen molar-refractivity contribution < 1.29 is 9.53 Å². The number of ether oxygens (including phenoxy) is 1. The van der Waals surface area contributed by atoms with Crippen molar-refractivity contribution in [2.45, 2.75) is 11.9 Å². The molecule has 1 aromatic carbocycles. The van der Waals surface area contributed by atoms with Gasteiger partial charge in [-0.2, -0.15) is 0 Å². The molecule has 0 saturated carbocycles. The van der Waals surface area contributed by atoms with Crippen LogP contribution < -0.4 is 5.32 Å². The number of pyridine rings is 2. The Morgan fingerprint density at radius 1 is 1.22 bits per heavy atom. The maximum Gasteiger partial charge on any atom is 0.411 e. The largest absolute Gasteiger partial charge is 0.453 e. The minimum Gasteiger partial charge on any atom is -0.453 e. The van der Waals surface area contributed by atoms with Crippen molar-refractivity contribution >= 4 is 40.0 Å². The van der Waals surface area contributed by atoms with Gasteiger partial charge in [-0.05, 0) is 48.4 Å². The molecule has 4 aromatic rings. The molecule has 0 aliphatic heterocycles. The average molecular weight is 378 g/mol. The first-order chi connectivity index (χ1) is 13.1. The zero-order valence-corrected chi connectivity index (χ0v) is 16.0. The number of anilines is 1. The van der Waals surface area contributed by atoms with Gasteiger partial charge in [-0.3, -0.25) is 14.7 Å². The number of hydrogen-bond donors (Lipinski definition) is 1. The number of aromatic nitrogens is 3. The van der Waals surface area contributed by atoms with Crippen LogP contribution in [0, 0.1) is 6.92 Å². The summed E-state index contributed by atoms with van der Waals surface area (Å²) in [5, 5.41) is 5.72. The van der Waals surface area contributed by atoms with Gasteiger partial charge in [-0.25, -0.2) is 9.78 Å². The van der Waals surface area contributed by atoms with Crippen LogP contribution in [0.5, 0.6) is 0 Å². The molecule has 7 heteroatoms. The molecule has 3 aromatic heterocycles. The van der Waals surface area contributed by atoms with E-state index in [1.165, 1.54) is 7.11 Å². The smallest absolute Gasteiger partial charge is 0.411 e. The molecule has 0 bridgehead atoms. The Morgan fingerprint density at radius 3 is 2.81 bits per heavy atom. The predicted octanol–water partition coefficient (Wildman–Crippen LogP) is 4.76. The van der Waals surface area contributed by atoms with E-state index in [0.717, 1.165) is 38.4 Å². The van der Waals surface area contributed by atoms with Crippen LogP contribution in [0.25, 0.3) is 27.8 Å². The summed E-state index contributed by atoms with van der Waals surface area (Å²) in [5.41, 5.74) is 4.30. The number of benzene rings is 1. The van der Waals surface area contributed by atoms with Crippen LogP contribution in [0.15, 0.2) is 53.8 Å². The maximum absolute atomic E-state index is 11.5. The van der Waals surface area contributed by atoms with E-state index in [9.17, 15) is 4.79 Å². The van der Waals surface area contributed by atoms with Gasteiger partial charge in [-0.1, -0.05) is 12.1 Å². The predicted molar refractivity (Wildman–Crippen MR) is 108 cm³/mol. The lowest BCUT2D eigenvalue weighted by Crippen LogP contribution is -2.10. The molecule has 0 fully saturated rings. The molecule has 27 heavy (non-hydrogen) atoms. The zero-order valence-electron chi connectivity index (χ0n) is 15.2. The lowest BCUT2D eigenvalue weighted by Gasteiger charge is -2.07. The molecule has 136 valence electrons. The molecule has 0 unspecified atom stereocenters. The van der Waals surface area contributed by atoms with Gasteiger partial charge in [-0.15, -0.1) is 11.8 Å². The Bertz CT molecular complexity index is 1170. The molecule has 3 heterocycles. The van der Waals surface area contributed by atoms with Crippen LogP contribution in [-0.2, 0) is 4.74 Å². The highest BCUT2D eigenvalue weighted by molar-refractivity contribution is 7.98. The third kappa shape index (κ3) is 3.00. The average Bonchev–Trinajstić information content (AvgIpc) is 3.07. The van der Waals surface area contributed by atoms with E-state index >= 15 is 0 Å². The van der Waals surface area contributed by atoms with Gasteiger partial charge in [0.25, 0.3) is 0 Å². The number of fused-ring (bicyclic) bond motifs is 3. The molecule has 0 atom stereocenters. The number of thioether (sulfide) groups is 1. The van der Waals surface area contributed by atoms with Crippen LogP contribution in [0.2, 0.25) is 0 Å². The molecule has 0 radical (unpaired) electrons. The summed E-state index contributed by atoms with van der Waals surface area (Å²) in [7, 11) is 1.34. The van der Waals surface area contributed by atoms with Gasteiger partial charge in [0.05, 0.1) is 12.8 Å². The summed E-state index contributed by atoms with van der Waals surface area (Å²) in [6.45, 7) is 2.03. The third-order valence-electron chi connectivity index (χ3n) is 4.42. The molecule has 4 rings (SSSR count). The molecule has 0 aliphatic carbocycles. The number of rotatable bonds is 3. The van der Waals surface area contributed by atoms with Crippen molar-refractivity contribution in [3.63, 3.8) is 0 Å². The number of nitrogens with one attached hydrogen (secondary N) is 1. The van der Waals surface area contributed by atoms with Gasteiger partial charge in [0, 0.05) is 23.5 Å². The highest BCUT2D eigenvalue weighted by Crippen LogP contribution is 2.34. The quantitative estimate of drug-likeness (QED) is 0.521. The van der Waals surface area contributed by atoms with Gasteiger partial charge >= 0.3 is 6.09 Å². The topological polar surface area (TPSA) is 68.5 Å². The van der Waals surface area contributed by atoms with Crippen LogP contribution in [0.1, 0.15) is 5.56 Å². The summed E-state index contributed by atoms with van der Waals surface area (Å²) in [6.07, 6.45) is 5.34. The van der Waals surface area contributed by atoms with Crippen molar-refractivity contribution in [1.29, 1.82) is 0 Å². The second-order valence-corrected chi connectivity index (χ2v) is 6.86. The highest BCUT2D eigenvalue weighted by atomic mass is 32.2.